The van der Waals surface area contributed by atoms with Crippen LogP contribution in [0.5, 0.6) is 0 Å². The van der Waals surface area contributed by atoms with Gasteiger partial charge in [0.15, 0.2) is 0 Å². The summed E-state index contributed by atoms with van der Waals surface area (Å²) in [6.45, 7) is 0. The number of anilines is 2. The molecule has 1 aromatic rings. The fourth-order valence-electron chi connectivity index (χ4n) is 3.65. The van der Waals surface area contributed by atoms with Crippen molar-refractivity contribution < 1.29 is 4.92 Å². The maximum absolute atomic E-state index is 10.8. The first-order chi connectivity index (χ1) is 10.0. The molecule has 3 rings (SSSR count). The SMILES string of the molecule is CN1C2CCCC1CC(Nc1ccc([N+](=O)[O-])c(N)n1)C2. The van der Waals surface area contributed by atoms with Gasteiger partial charge in [-0.15, -0.1) is 0 Å². The summed E-state index contributed by atoms with van der Waals surface area (Å²) in [5, 5.41) is 14.1. The standard InChI is InChI=1S/C14H21N5O2/c1-18-10-3-2-4-11(18)8-9(7-10)16-13-6-5-12(19(20)21)14(15)17-13/h5-6,9-11H,2-4,7-8H2,1H3,(H3,15,16,17). The average Bonchev–Trinajstić information content (AvgIpc) is 2.39. The van der Waals surface area contributed by atoms with Crippen LogP contribution in [-0.4, -0.2) is 40.0 Å². The zero-order chi connectivity index (χ0) is 15.0. The number of nitrogens with two attached hydrogens (primary N) is 1. The van der Waals surface area contributed by atoms with Crippen molar-refractivity contribution in [2.45, 2.75) is 50.2 Å². The molecule has 3 N–H and O–H groups in total. The van der Waals surface area contributed by atoms with Crippen molar-refractivity contribution in [3.05, 3.63) is 22.2 Å². The lowest BCUT2D eigenvalue weighted by molar-refractivity contribution is -0.384. The fourth-order valence-corrected chi connectivity index (χ4v) is 3.65. The highest BCUT2D eigenvalue weighted by Gasteiger charge is 2.36. The minimum atomic E-state index is -0.508. The second-order valence-electron chi connectivity index (χ2n) is 6.07. The molecule has 2 fully saturated rings. The summed E-state index contributed by atoms with van der Waals surface area (Å²) in [5.74, 6) is 0.601. The van der Waals surface area contributed by atoms with Crippen LogP contribution in [0.2, 0.25) is 0 Å². The zero-order valence-corrected chi connectivity index (χ0v) is 12.2. The van der Waals surface area contributed by atoms with Crippen molar-refractivity contribution in [1.82, 2.24) is 9.88 Å². The van der Waals surface area contributed by atoms with Gasteiger partial charge in [0, 0.05) is 24.2 Å². The Morgan fingerprint density at radius 2 is 2.05 bits per heavy atom. The molecule has 0 radical (unpaired) electrons. The van der Waals surface area contributed by atoms with Crippen molar-refractivity contribution in [2.75, 3.05) is 18.1 Å². The Bertz CT molecular complexity index is 536. The molecule has 7 nitrogen and oxygen atoms in total. The third-order valence-electron chi connectivity index (χ3n) is 4.79. The van der Waals surface area contributed by atoms with Gasteiger partial charge in [0.25, 0.3) is 0 Å². The van der Waals surface area contributed by atoms with E-state index in [4.69, 9.17) is 5.73 Å². The Kier molecular flexibility index (Phi) is 3.67. The van der Waals surface area contributed by atoms with E-state index in [-0.39, 0.29) is 11.5 Å². The van der Waals surface area contributed by atoms with E-state index in [1.807, 2.05) is 0 Å². The van der Waals surface area contributed by atoms with Gasteiger partial charge in [0.1, 0.15) is 5.82 Å². The molecular weight excluding hydrogens is 270 g/mol. The molecular formula is C14H21N5O2. The largest absolute Gasteiger partial charge is 0.378 e. The summed E-state index contributed by atoms with van der Waals surface area (Å²) >= 11 is 0. The molecule has 7 heteroatoms. The van der Waals surface area contributed by atoms with Crippen LogP contribution in [0.3, 0.4) is 0 Å². The molecule has 1 aromatic heterocycles. The summed E-state index contributed by atoms with van der Waals surface area (Å²) in [6, 6.07) is 4.68. The molecule has 2 bridgehead atoms. The Hall–Kier alpha value is -1.89. The number of hydrogen-bond donors (Lipinski definition) is 2. The van der Waals surface area contributed by atoms with Crippen LogP contribution in [0.15, 0.2) is 12.1 Å². The predicted octanol–water partition coefficient (Wildman–Crippen LogP) is 2.00. The third kappa shape index (κ3) is 2.78. The first kappa shape index (κ1) is 14.1. The predicted molar refractivity (Wildman–Crippen MR) is 81.1 cm³/mol. The minimum Gasteiger partial charge on any atom is -0.378 e. The van der Waals surface area contributed by atoms with E-state index in [1.54, 1.807) is 6.07 Å². The van der Waals surface area contributed by atoms with E-state index in [2.05, 4.69) is 22.2 Å². The number of aromatic nitrogens is 1. The fraction of sp³-hybridized carbons (Fsp3) is 0.643. The first-order valence-electron chi connectivity index (χ1n) is 7.44. The van der Waals surface area contributed by atoms with Crippen LogP contribution in [0, 0.1) is 10.1 Å². The van der Waals surface area contributed by atoms with E-state index in [0.29, 0.717) is 23.9 Å². The molecule has 0 saturated carbocycles. The Morgan fingerprint density at radius 1 is 1.38 bits per heavy atom. The van der Waals surface area contributed by atoms with Crippen molar-refractivity contribution in [2.24, 2.45) is 0 Å². The van der Waals surface area contributed by atoms with Crippen molar-refractivity contribution >= 4 is 17.3 Å². The summed E-state index contributed by atoms with van der Waals surface area (Å²) in [6.07, 6.45) is 5.99. The molecule has 2 saturated heterocycles. The maximum atomic E-state index is 10.8. The second-order valence-corrected chi connectivity index (χ2v) is 6.07. The smallest absolute Gasteiger partial charge is 0.311 e. The summed E-state index contributed by atoms with van der Waals surface area (Å²) < 4.78 is 0. The molecule has 0 aliphatic carbocycles. The quantitative estimate of drug-likeness (QED) is 0.653. The number of nitro groups is 1. The van der Waals surface area contributed by atoms with Gasteiger partial charge < -0.3 is 16.0 Å². The number of pyridine rings is 1. The number of fused-ring (bicyclic) bond motifs is 2. The average molecular weight is 291 g/mol. The molecule has 2 aliphatic rings. The highest BCUT2D eigenvalue weighted by Crippen LogP contribution is 2.34. The highest BCUT2D eigenvalue weighted by atomic mass is 16.6. The van der Waals surface area contributed by atoms with Crippen molar-refractivity contribution in [1.29, 1.82) is 0 Å². The van der Waals surface area contributed by atoms with Crippen molar-refractivity contribution in [3.63, 3.8) is 0 Å². The van der Waals surface area contributed by atoms with E-state index in [0.717, 1.165) is 12.8 Å². The number of hydrogen-bond acceptors (Lipinski definition) is 6. The van der Waals surface area contributed by atoms with Crippen molar-refractivity contribution in [3.8, 4) is 0 Å². The van der Waals surface area contributed by atoms with Crippen LogP contribution in [-0.2, 0) is 0 Å². The van der Waals surface area contributed by atoms with Gasteiger partial charge in [-0.3, -0.25) is 10.1 Å². The Labute approximate surface area is 123 Å². The van der Waals surface area contributed by atoms with Gasteiger partial charge in [0.2, 0.25) is 5.82 Å². The number of nitrogen functional groups attached to an aromatic ring is 1. The highest BCUT2D eigenvalue weighted by molar-refractivity contribution is 5.57. The molecule has 0 spiro atoms. The molecule has 3 heterocycles. The summed E-state index contributed by atoms with van der Waals surface area (Å²) in [5.41, 5.74) is 5.50. The first-order valence-corrected chi connectivity index (χ1v) is 7.44. The van der Waals surface area contributed by atoms with Gasteiger partial charge in [-0.05, 0) is 38.8 Å². The van der Waals surface area contributed by atoms with E-state index < -0.39 is 4.92 Å². The lowest BCUT2D eigenvalue weighted by Crippen LogP contribution is -2.52. The van der Waals surface area contributed by atoms with E-state index in [1.165, 1.54) is 25.3 Å². The number of rotatable bonds is 3. The van der Waals surface area contributed by atoms with Crippen LogP contribution in [0.1, 0.15) is 32.1 Å². The zero-order valence-electron chi connectivity index (χ0n) is 12.2. The maximum Gasteiger partial charge on any atom is 0.311 e. The number of piperidine rings is 2. The van der Waals surface area contributed by atoms with Gasteiger partial charge in [-0.1, -0.05) is 6.42 Å². The van der Waals surface area contributed by atoms with Crippen LogP contribution >= 0.6 is 0 Å². The van der Waals surface area contributed by atoms with Gasteiger partial charge >= 0.3 is 5.69 Å². The normalized spacial score (nSPS) is 29.1. The van der Waals surface area contributed by atoms with Crippen LogP contribution in [0.25, 0.3) is 0 Å². The monoisotopic (exact) mass is 291 g/mol. The number of nitrogens with zero attached hydrogens (tertiary/aromatic N) is 3. The molecule has 21 heavy (non-hydrogen) atoms. The van der Waals surface area contributed by atoms with E-state index >= 15 is 0 Å². The minimum absolute atomic E-state index is 0.0295. The topological polar surface area (TPSA) is 97.3 Å². The molecule has 0 amide bonds. The van der Waals surface area contributed by atoms with Crippen LogP contribution in [0.4, 0.5) is 17.3 Å². The lowest BCUT2D eigenvalue weighted by atomic mass is 9.82. The summed E-state index contributed by atoms with van der Waals surface area (Å²) in [7, 11) is 2.22. The molecule has 2 aliphatic heterocycles. The summed E-state index contributed by atoms with van der Waals surface area (Å²) in [4.78, 5) is 16.9. The third-order valence-corrected chi connectivity index (χ3v) is 4.79. The Balaban J connectivity index is 1.70. The second kappa shape index (κ2) is 5.48. The van der Waals surface area contributed by atoms with Gasteiger partial charge in [-0.2, -0.15) is 0 Å². The number of nitrogens with one attached hydrogen (secondary N) is 1. The Morgan fingerprint density at radius 3 is 2.62 bits per heavy atom. The molecule has 2 atom stereocenters. The molecule has 114 valence electrons. The van der Waals surface area contributed by atoms with E-state index in [9.17, 15) is 10.1 Å². The van der Waals surface area contributed by atoms with Gasteiger partial charge in [-0.25, -0.2) is 4.98 Å². The molecule has 0 aromatic carbocycles. The molecule has 2 unspecified atom stereocenters. The lowest BCUT2D eigenvalue weighted by Gasteiger charge is -2.47. The van der Waals surface area contributed by atoms with Crippen LogP contribution < -0.4 is 11.1 Å². The van der Waals surface area contributed by atoms with Gasteiger partial charge in [0.05, 0.1) is 4.92 Å².